The molecular formula is C17H26Cl2N2O. The molecule has 0 aliphatic heterocycles. The van der Waals surface area contributed by atoms with Crippen LogP contribution in [0.5, 0.6) is 0 Å². The highest BCUT2D eigenvalue weighted by Gasteiger charge is 2.18. The quantitative estimate of drug-likeness (QED) is 0.797. The Morgan fingerprint density at radius 1 is 1.23 bits per heavy atom. The van der Waals surface area contributed by atoms with Gasteiger partial charge in [0.25, 0.3) is 0 Å². The molecule has 0 atom stereocenters. The number of benzene rings is 1. The number of carbonyl (C=O) groups excluding carboxylic acids is 1. The van der Waals surface area contributed by atoms with Crippen molar-refractivity contribution in [3.8, 4) is 0 Å². The molecule has 5 heteroatoms. The molecule has 1 fully saturated rings. The Balaban J connectivity index is 0.00000242. The molecule has 0 unspecified atom stereocenters. The van der Waals surface area contributed by atoms with Crippen LogP contribution < -0.4 is 5.32 Å². The van der Waals surface area contributed by atoms with E-state index in [4.69, 9.17) is 11.6 Å². The number of nitrogens with one attached hydrogen (secondary N) is 1. The highest BCUT2D eigenvalue weighted by atomic mass is 35.5. The van der Waals surface area contributed by atoms with Gasteiger partial charge < -0.3 is 5.32 Å². The monoisotopic (exact) mass is 344 g/mol. The molecule has 0 spiro atoms. The second-order valence-electron chi connectivity index (χ2n) is 5.89. The molecule has 0 bridgehead atoms. The van der Waals surface area contributed by atoms with Gasteiger partial charge in [-0.3, -0.25) is 9.69 Å². The topological polar surface area (TPSA) is 32.3 Å². The van der Waals surface area contributed by atoms with E-state index in [2.05, 4.69) is 35.5 Å². The fourth-order valence-electron chi connectivity index (χ4n) is 3.04. The summed E-state index contributed by atoms with van der Waals surface area (Å²) in [6, 6.07) is 9.02. The van der Waals surface area contributed by atoms with Crippen molar-refractivity contribution < 1.29 is 4.79 Å². The molecule has 1 aliphatic carbocycles. The van der Waals surface area contributed by atoms with Crippen LogP contribution in [-0.4, -0.2) is 29.8 Å². The molecule has 0 radical (unpaired) electrons. The smallest absolute Gasteiger partial charge is 0.235 e. The Hall–Kier alpha value is -0.770. The minimum Gasteiger partial charge on any atom is -0.351 e. The zero-order valence-corrected chi connectivity index (χ0v) is 14.8. The van der Waals surface area contributed by atoms with E-state index < -0.39 is 0 Å². The van der Waals surface area contributed by atoms with Crippen molar-refractivity contribution in [1.29, 1.82) is 0 Å². The van der Waals surface area contributed by atoms with Gasteiger partial charge in [-0.1, -0.05) is 43.5 Å². The first-order valence-corrected chi connectivity index (χ1v) is 8.34. The average Bonchev–Trinajstić information content (AvgIpc) is 2.54. The Kier molecular flexibility index (Phi) is 8.84. The highest BCUT2D eigenvalue weighted by Crippen LogP contribution is 2.23. The molecule has 0 heterocycles. The molecular weight excluding hydrogens is 319 g/mol. The second kappa shape index (κ2) is 10.1. The van der Waals surface area contributed by atoms with Crippen LogP contribution in [0.25, 0.3) is 0 Å². The maximum atomic E-state index is 11.3. The lowest BCUT2D eigenvalue weighted by atomic mass is 9.94. The number of nitrogens with zero attached hydrogens (tertiary/aromatic N) is 1. The van der Waals surface area contributed by atoms with E-state index in [1.54, 1.807) is 0 Å². The van der Waals surface area contributed by atoms with Crippen LogP contribution in [0.3, 0.4) is 0 Å². The van der Waals surface area contributed by atoms with Crippen LogP contribution >= 0.6 is 24.0 Å². The maximum absolute atomic E-state index is 11.3. The molecule has 1 aromatic rings. The molecule has 22 heavy (non-hydrogen) atoms. The molecule has 0 saturated heterocycles. The first kappa shape index (κ1) is 19.3. The molecule has 1 aliphatic rings. The van der Waals surface area contributed by atoms with Crippen molar-refractivity contribution in [3.05, 3.63) is 35.4 Å². The van der Waals surface area contributed by atoms with E-state index in [0.29, 0.717) is 12.6 Å². The number of hydrogen-bond donors (Lipinski definition) is 1. The lowest BCUT2D eigenvalue weighted by Gasteiger charge is -2.31. The fourth-order valence-corrected chi connectivity index (χ4v) is 3.14. The maximum Gasteiger partial charge on any atom is 0.235 e. The van der Waals surface area contributed by atoms with Crippen molar-refractivity contribution in [2.45, 2.75) is 51.2 Å². The fraction of sp³-hybridized carbons (Fsp3) is 0.588. The molecule has 1 N–H and O–H groups in total. The second-order valence-corrected chi connectivity index (χ2v) is 6.15. The number of amides is 1. The normalized spacial score (nSPS) is 15.4. The van der Waals surface area contributed by atoms with Crippen molar-refractivity contribution in [2.24, 2.45) is 0 Å². The Morgan fingerprint density at radius 3 is 2.50 bits per heavy atom. The first-order chi connectivity index (χ1) is 10.2. The largest absolute Gasteiger partial charge is 0.351 e. The standard InChI is InChI=1S/C17H25ClN2O.ClH/c1-20(16-9-3-2-4-10-16)13-15-8-6-5-7-14(15)12-19-17(21)11-18;/h5-8,16H,2-4,9-13H2,1H3,(H,19,21);1H. The molecule has 3 nitrogen and oxygen atoms in total. The third-order valence-electron chi connectivity index (χ3n) is 4.33. The van der Waals surface area contributed by atoms with Crippen LogP contribution in [0.15, 0.2) is 24.3 Å². The van der Waals surface area contributed by atoms with Gasteiger partial charge in [-0.2, -0.15) is 0 Å². The van der Waals surface area contributed by atoms with Crippen LogP contribution in [0.2, 0.25) is 0 Å². The van der Waals surface area contributed by atoms with Gasteiger partial charge >= 0.3 is 0 Å². The third kappa shape index (κ3) is 5.79. The van der Waals surface area contributed by atoms with Gasteiger partial charge in [-0.25, -0.2) is 0 Å². The van der Waals surface area contributed by atoms with Gasteiger partial charge in [0.1, 0.15) is 5.88 Å². The molecule has 1 saturated carbocycles. The van der Waals surface area contributed by atoms with E-state index in [1.807, 2.05) is 6.07 Å². The van der Waals surface area contributed by atoms with E-state index in [1.165, 1.54) is 43.2 Å². The van der Waals surface area contributed by atoms with Gasteiger partial charge in [0.15, 0.2) is 0 Å². The lowest BCUT2D eigenvalue weighted by Crippen LogP contribution is -2.33. The minimum absolute atomic E-state index is 0. The predicted octanol–water partition coefficient (Wildman–Crippen LogP) is 3.73. The number of carbonyl (C=O) groups is 1. The Morgan fingerprint density at radius 2 is 1.86 bits per heavy atom. The number of alkyl halides is 1. The Bertz CT molecular complexity index is 462. The molecule has 124 valence electrons. The summed E-state index contributed by atoms with van der Waals surface area (Å²) in [5.41, 5.74) is 2.47. The van der Waals surface area contributed by atoms with Crippen molar-refractivity contribution in [2.75, 3.05) is 12.9 Å². The van der Waals surface area contributed by atoms with E-state index >= 15 is 0 Å². The molecule has 2 rings (SSSR count). The summed E-state index contributed by atoms with van der Waals surface area (Å²) >= 11 is 5.52. The van der Waals surface area contributed by atoms with E-state index in [-0.39, 0.29) is 24.2 Å². The SMILES string of the molecule is CN(Cc1ccccc1CNC(=O)CCl)C1CCCCC1.Cl. The third-order valence-corrected chi connectivity index (χ3v) is 4.58. The molecule has 0 aromatic heterocycles. The summed E-state index contributed by atoms with van der Waals surface area (Å²) in [6.45, 7) is 1.50. The molecule has 1 aromatic carbocycles. The van der Waals surface area contributed by atoms with Gasteiger partial charge in [0.05, 0.1) is 0 Å². The predicted molar refractivity (Wildman–Crippen MR) is 94.6 cm³/mol. The van der Waals surface area contributed by atoms with Gasteiger partial charge in [-0.05, 0) is 31.0 Å². The van der Waals surface area contributed by atoms with Gasteiger partial charge in [0.2, 0.25) is 5.91 Å². The van der Waals surface area contributed by atoms with Crippen molar-refractivity contribution in [3.63, 3.8) is 0 Å². The number of halogens is 2. The average molecular weight is 345 g/mol. The Labute approximate surface area is 144 Å². The summed E-state index contributed by atoms with van der Waals surface area (Å²) in [5, 5.41) is 2.85. The van der Waals surface area contributed by atoms with Crippen LogP contribution in [0.4, 0.5) is 0 Å². The van der Waals surface area contributed by atoms with Crippen LogP contribution in [0.1, 0.15) is 43.2 Å². The van der Waals surface area contributed by atoms with Gasteiger partial charge in [0, 0.05) is 19.1 Å². The summed E-state index contributed by atoms with van der Waals surface area (Å²) in [5.74, 6) is -0.100. The zero-order valence-electron chi connectivity index (χ0n) is 13.2. The van der Waals surface area contributed by atoms with Crippen molar-refractivity contribution in [1.82, 2.24) is 10.2 Å². The minimum atomic E-state index is -0.118. The summed E-state index contributed by atoms with van der Waals surface area (Å²) in [4.78, 5) is 13.8. The summed E-state index contributed by atoms with van der Waals surface area (Å²) in [6.07, 6.45) is 6.69. The van der Waals surface area contributed by atoms with Crippen molar-refractivity contribution >= 4 is 29.9 Å². The number of hydrogen-bond acceptors (Lipinski definition) is 2. The lowest BCUT2D eigenvalue weighted by molar-refractivity contribution is -0.118. The van der Waals surface area contributed by atoms with E-state index in [9.17, 15) is 4.79 Å². The summed E-state index contributed by atoms with van der Waals surface area (Å²) in [7, 11) is 2.21. The summed E-state index contributed by atoms with van der Waals surface area (Å²) < 4.78 is 0. The number of rotatable bonds is 6. The van der Waals surface area contributed by atoms with Crippen LogP contribution in [0, 0.1) is 0 Å². The first-order valence-electron chi connectivity index (χ1n) is 7.80. The van der Waals surface area contributed by atoms with Gasteiger partial charge in [-0.15, -0.1) is 24.0 Å². The van der Waals surface area contributed by atoms with Crippen LogP contribution in [-0.2, 0) is 17.9 Å². The zero-order chi connectivity index (χ0) is 15.1. The van der Waals surface area contributed by atoms with E-state index in [0.717, 1.165) is 6.54 Å². The highest BCUT2D eigenvalue weighted by molar-refractivity contribution is 6.27. The molecule has 1 amide bonds.